The van der Waals surface area contributed by atoms with Crippen molar-refractivity contribution in [1.82, 2.24) is 4.98 Å². The highest BCUT2D eigenvalue weighted by Gasteiger charge is 2.32. The van der Waals surface area contributed by atoms with E-state index in [1.165, 1.54) is 16.7 Å². The Morgan fingerprint density at radius 2 is 1.71 bits per heavy atom. The zero-order valence-electron chi connectivity index (χ0n) is 17.8. The number of piperidine rings is 1. The van der Waals surface area contributed by atoms with Gasteiger partial charge in [0.1, 0.15) is 0 Å². The molecule has 1 aliphatic heterocycles. The molecule has 4 nitrogen and oxygen atoms in total. The lowest BCUT2D eigenvalue weighted by Gasteiger charge is -2.31. The van der Waals surface area contributed by atoms with Crippen LogP contribution in [-0.4, -0.2) is 31.7 Å². The second-order valence-electron chi connectivity index (χ2n) is 8.23. The van der Waals surface area contributed by atoms with Crippen molar-refractivity contribution in [3.8, 4) is 0 Å². The summed E-state index contributed by atoms with van der Waals surface area (Å²) in [6.07, 6.45) is 2.09. The Morgan fingerprint density at radius 1 is 1.03 bits per heavy atom. The summed E-state index contributed by atoms with van der Waals surface area (Å²) in [6.45, 7) is 5.71. The Hall–Kier alpha value is -1.70. The molecule has 0 unspecified atom stereocenters. The molecule has 7 heteroatoms. The maximum absolute atomic E-state index is 13.0. The SMILES string of the molecule is Cc1ccc(Cc2csc(N3CCC(S(=O)(=O)c4ccc(CBr)cc4)CC3)n2)cc1C. The molecular formula is C24H27BrN2O2S2. The molecular weight excluding hydrogens is 492 g/mol. The Balaban J connectivity index is 1.39. The van der Waals surface area contributed by atoms with E-state index in [0.717, 1.165) is 41.2 Å². The van der Waals surface area contributed by atoms with Crippen LogP contribution in [-0.2, 0) is 21.6 Å². The smallest absolute Gasteiger partial charge is 0.185 e. The number of hydrogen-bond acceptors (Lipinski definition) is 5. The largest absolute Gasteiger partial charge is 0.348 e. The number of halogens is 1. The van der Waals surface area contributed by atoms with Crippen molar-refractivity contribution in [3.63, 3.8) is 0 Å². The minimum atomic E-state index is -3.29. The molecule has 0 N–H and O–H groups in total. The first kappa shape index (κ1) is 22.5. The molecule has 0 bridgehead atoms. The second-order valence-corrected chi connectivity index (χ2v) is 11.9. The molecule has 2 heterocycles. The summed E-state index contributed by atoms with van der Waals surface area (Å²) >= 11 is 5.06. The van der Waals surface area contributed by atoms with Gasteiger partial charge in [-0.3, -0.25) is 0 Å². The van der Waals surface area contributed by atoms with Crippen molar-refractivity contribution in [2.45, 2.75) is 48.6 Å². The number of alkyl halides is 1. The first-order chi connectivity index (χ1) is 14.9. The zero-order valence-corrected chi connectivity index (χ0v) is 21.1. The highest BCUT2D eigenvalue weighted by atomic mass is 79.9. The molecule has 1 fully saturated rings. The highest BCUT2D eigenvalue weighted by molar-refractivity contribution is 9.08. The first-order valence-corrected chi connectivity index (χ1v) is 14.1. The van der Waals surface area contributed by atoms with E-state index in [4.69, 9.17) is 4.98 Å². The van der Waals surface area contributed by atoms with Gasteiger partial charge in [0.25, 0.3) is 0 Å². The molecule has 0 saturated carbocycles. The number of rotatable bonds is 6. The van der Waals surface area contributed by atoms with Crippen LogP contribution >= 0.6 is 27.3 Å². The first-order valence-electron chi connectivity index (χ1n) is 10.5. The zero-order chi connectivity index (χ0) is 22.0. The average molecular weight is 520 g/mol. The lowest BCUT2D eigenvalue weighted by Crippen LogP contribution is -2.39. The fraction of sp³-hybridized carbons (Fsp3) is 0.375. The van der Waals surface area contributed by atoms with Crippen molar-refractivity contribution in [2.24, 2.45) is 0 Å². The molecule has 1 aliphatic rings. The van der Waals surface area contributed by atoms with Crippen molar-refractivity contribution in [2.75, 3.05) is 18.0 Å². The number of anilines is 1. The normalized spacial score (nSPS) is 15.4. The number of hydrogen-bond donors (Lipinski definition) is 0. The second kappa shape index (κ2) is 9.43. The van der Waals surface area contributed by atoms with Crippen LogP contribution < -0.4 is 4.90 Å². The maximum atomic E-state index is 13.0. The predicted molar refractivity (Wildman–Crippen MR) is 132 cm³/mol. The summed E-state index contributed by atoms with van der Waals surface area (Å²) in [6, 6.07) is 13.8. The topological polar surface area (TPSA) is 50.3 Å². The summed E-state index contributed by atoms with van der Waals surface area (Å²) in [5.74, 6) is 0. The van der Waals surface area contributed by atoms with E-state index in [2.05, 4.69) is 58.3 Å². The van der Waals surface area contributed by atoms with E-state index in [1.807, 2.05) is 12.1 Å². The Morgan fingerprint density at radius 3 is 2.35 bits per heavy atom. The van der Waals surface area contributed by atoms with Crippen LogP contribution in [0.15, 0.2) is 52.7 Å². The van der Waals surface area contributed by atoms with Gasteiger partial charge in [0, 0.05) is 30.2 Å². The minimum absolute atomic E-state index is 0.325. The van der Waals surface area contributed by atoms with Crippen molar-refractivity contribution in [3.05, 3.63) is 75.8 Å². The van der Waals surface area contributed by atoms with Gasteiger partial charge in [-0.05, 0) is 61.1 Å². The number of thiazole rings is 1. The van der Waals surface area contributed by atoms with Gasteiger partial charge in [-0.2, -0.15) is 0 Å². The summed E-state index contributed by atoms with van der Waals surface area (Å²) < 4.78 is 26.1. The summed E-state index contributed by atoms with van der Waals surface area (Å²) in [4.78, 5) is 7.50. The lowest BCUT2D eigenvalue weighted by atomic mass is 10.0. The lowest BCUT2D eigenvalue weighted by molar-refractivity contribution is 0.529. The van der Waals surface area contributed by atoms with E-state index in [9.17, 15) is 8.42 Å². The van der Waals surface area contributed by atoms with E-state index >= 15 is 0 Å². The van der Waals surface area contributed by atoms with E-state index in [-0.39, 0.29) is 5.25 Å². The quantitative estimate of drug-likeness (QED) is 0.393. The van der Waals surface area contributed by atoms with Crippen LogP contribution in [0.3, 0.4) is 0 Å². The fourth-order valence-corrected chi connectivity index (χ4v) is 6.95. The van der Waals surface area contributed by atoms with Crippen LogP contribution in [0.2, 0.25) is 0 Å². The monoisotopic (exact) mass is 518 g/mol. The van der Waals surface area contributed by atoms with Gasteiger partial charge >= 0.3 is 0 Å². The van der Waals surface area contributed by atoms with Crippen molar-refractivity contribution < 1.29 is 8.42 Å². The Kier molecular flexibility index (Phi) is 6.84. The van der Waals surface area contributed by atoms with Crippen LogP contribution in [0.4, 0.5) is 5.13 Å². The molecule has 4 rings (SSSR count). The molecule has 0 spiro atoms. The molecule has 0 aliphatic carbocycles. The molecule has 1 saturated heterocycles. The van der Waals surface area contributed by atoms with Gasteiger partial charge < -0.3 is 4.90 Å². The van der Waals surface area contributed by atoms with Gasteiger partial charge in [0.15, 0.2) is 15.0 Å². The number of sulfone groups is 1. The summed E-state index contributed by atoms with van der Waals surface area (Å²) in [5, 5.41) is 3.52. The minimum Gasteiger partial charge on any atom is -0.348 e. The van der Waals surface area contributed by atoms with E-state index in [0.29, 0.717) is 17.7 Å². The van der Waals surface area contributed by atoms with Crippen LogP contribution in [0.5, 0.6) is 0 Å². The average Bonchev–Trinajstić information content (AvgIpc) is 3.25. The Bertz CT molecular complexity index is 1150. The third-order valence-electron chi connectivity index (χ3n) is 6.05. The number of aromatic nitrogens is 1. The molecule has 31 heavy (non-hydrogen) atoms. The molecule has 2 aromatic carbocycles. The third-order valence-corrected chi connectivity index (χ3v) is 9.93. The molecule has 0 radical (unpaired) electrons. The molecule has 3 aromatic rings. The van der Waals surface area contributed by atoms with Crippen molar-refractivity contribution in [1.29, 1.82) is 0 Å². The number of benzene rings is 2. The van der Waals surface area contributed by atoms with Gasteiger partial charge in [0.2, 0.25) is 0 Å². The number of nitrogens with zero attached hydrogens (tertiary/aromatic N) is 2. The van der Waals surface area contributed by atoms with Gasteiger partial charge in [-0.15, -0.1) is 11.3 Å². The number of aryl methyl sites for hydroxylation is 2. The van der Waals surface area contributed by atoms with Crippen LogP contribution in [0.1, 0.15) is 40.8 Å². The molecule has 1 aromatic heterocycles. The molecule has 164 valence electrons. The standard InChI is InChI=1S/C24H27BrN2O2S2/c1-17-3-4-20(13-18(17)2)14-21-16-30-24(26-21)27-11-9-23(10-12-27)31(28,29)22-7-5-19(15-25)6-8-22/h3-8,13,16,23H,9-12,14-15H2,1-2H3. The maximum Gasteiger partial charge on any atom is 0.185 e. The Labute approximate surface area is 197 Å². The van der Waals surface area contributed by atoms with Gasteiger partial charge in [-0.25, -0.2) is 13.4 Å². The summed E-state index contributed by atoms with van der Waals surface area (Å²) in [7, 11) is -3.29. The van der Waals surface area contributed by atoms with Crippen LogP contribution in [0, 0.1) is 13.8 Å². The van der Waals surface area contributed by atoms with E-state index in [1.54, 1.807) is 23.5 Å². The molecule has 0 amide bonds. The van der Waals surface area contributed by atoms with Gasteiger partial charge in [-0.1, -0.05) is 46.3 Å². The predicted octanol–water partition coefficient (Wildman–Crippen LogP) is 5.69. The summed E-state index contributed by atoms with van der Waals surface area (Å²) in [5.41, 5.74) is 6.03. The molecule has 0 atom stereocenters. The fourth-order valence-electron chi connectivity index (χ4n) is 3.96. The van der Waals surface area contributed by atoms with Gasteiger partial charge in [0.05, 0.1) is 15.8 Å². The highest BCUT2D eigenvalue weighted by Crippen LogP contribution is 2.30. The van der Waals surface area contributed by atoms with E-state index < -0.39 is 9.84 Å². The third kappa shape index (κ3) is 5.04. The van der Waals surface area contributed by atoms with Crippen molar-refractivity contribution >= 4 is 42.2 Å². The van der Waals surface area contributed by atoms with Crippen LogP contribution in [0.25, 0.3) is 0 Å².